The number of epoxide rings is 1. The van der Waals surface area contributed by atoms with Crippen LogP contribution < -0.4 is 26.4 Å². The molecule has 0 spiro atoms. The van der Waals surface area contributed by atoms with Crippen LogP contribution in [0.3, 0.4) is 0 Å². The second kappa shape index (κ2) is 19.0. The zero-order chi connectivity index (χ0) is 38.6. The van der Waals surface area contributed by atoms with Crippen molar-refractivity contribution in [2.75, 3.05) is 20.3 Å². The Labute approximate surface area is 307 Å². The van der Waals surface area contributed by atoms with Crippen molar-refractivity contribution in [1.82, 2.24) is 16.0 Å². The van der Waals surface area contributed by atoms with Crippen LogP contribution in [0.5, 0.6) is 5.75 Å². The van der Waals surface area contributed by atoms with Crippen LogP contribution in [0.25, 0.3) is 0 Å². The monoisotopic (exact) mass is 722 g/mol. The third-order valence-electron chi connectivity index (χ3n) is 9.46. The van der Waals surface area contributed by atoms with E-state index in [1.165, 1.54) is 13.0 Å². The number of methoxy groups -OCH3 is 1. The highest BCUT2D eigenvalue weighted by Gasteiger charge is 2.43. The molecule has 6 atom stereocenters. The highest BCUT2D eigenvalue weighted by atomic mass is 16.6. The van der Waals surface area contributed by atoms with Crippen LogP contribution in [-0.4, -0.2) is 72.4 Å². The Morgan fingerprint density at radius 2 is 1.69 bits per heavy atom. The number of carbonyl (C=O) groups excluding carboxylic acids is 3. The highest BCUT2D eigenvalue weighted by Crippen LogP contribution is 2.44. The molecule has 2 aromatic rings. The van der Waals surface area contributed by atoms with E-state index in [0.29, 0.717) is 19.4 Å². The number of carboxylic acid groups (broad SMARTS) is 1. The molecule has 0 aromatic heterocycles. The number of rotatable bonds is 20. The molecule has 1 heterocycles. The van der Waals surface area contributed by atoms with Crippen LogP contribution in [0.15, 0.2) is 54.6 Å². The van der Waals surface area contributed by atoms with Gasteiger partial charge in [-0.3, -0.25) is 14.4 Å². The maximum atomic E-state index is 13.6. The molecule has 7 N–H and O–H groups in total. The van der Waals surface area contributed by atoms with E-state index in [1.54, 1.807) is 13.2 Å². The minimum Gasteiger partial charge on any atom is -0.496 e. The number of benzene rings is 2. The van der Waals surface area contributed by atoms with Crippen molar-refractivity contribution in [2.24, 2.45) is 22.5 Å². The standard InChI is InChI=1S/C40H58N4O8/c1-8-28-19-27(15-18-32(28)51-7)20-30(36(47)42-23-40(6,24-45)38(50)44-31(37(48)49)21-39(3,4)5)43-33(46)12-10-9-11-25(2)34-35(52-34)29-16-13-26(22-41)14-17-29/h10,12-19,25,30-31,34-35,45H,8-9,11,20-24,41H2,1-7H3,(H,42,47)(H,43,46)(H,44,50)(H,48,49)/b12-10+/t25-,30+,31-,34?,35+,40?/m0/s1. The molecule has 2 unspecified atom stereocenters. The van der Waals surface area contributed by atoms with E-state index in [0.717, 1.165) is 34.4 Å². The van der Waals surface area contributed by atoms with E-state index in [2.05, 4.69) is 22.9 Å². The van der Waals surface area contributed by atoms with Gasteiger partial charge in [-0.2, -0.15) is 0 Å². The van der Waals surface area contributed by atoms with E-state index < -0.39 is 47.8 Å². The molecule has 0 saturated carbocycles. The summed E-state index contributed by atoms with van der Waals surface area (Å²) < 4.78 is 11.4. The first kappa shape index (κ1) is 42.2. The van der Waals surface area contributed by atoms with Crippen LogP contribution in [-0.2, 0) is 43.3 Å². The van der Waals surface area contributed by atoms with Gasteiger partial charge in [0, 0.05) is 19.5 Å². The van der Waals surface area contributed by atoms with E-state index >= 15 is 0 Å². The molecule has 0 bridgehead atoms. The zero-order valence-corrected chi connectivity index (χ0v) is 31.7. The summed E-state index contributed by atoms with van der Waals surface area (Å²) >= 11 is 0. The second-order valence-electron chi connectivity index (χ2n) is 15.3. The minimum absolute atomic E-state index is 0.0559. The summed E-state index contributed by atoms with van der Waals surface area (Å²) in [4.78, 5) is 51.9. The van der Waals surface area contributed by atoms with Crippen LogP contribution >= 0.6 is 0 Å². The van der Waals surface area contributed by atoms with E-state index in [4.69, 9.17) is 15.2 Å². The predicted octanol–water partition coefficient (Wildman–Crippen LogP) is 3.98. The fourth-order valence-corrected chi connectivity index (χ4v) is 6.04. The van der Waals surface area contributed by atoms with Gasteiger partial charge in [-0.15, -0.1) is 0 Å². The predicted molar refractivity (Wildman–Crippen MR) is 199 cm³/mol. The van der Waals surface area contributed by atoms with Crippen LogP contribution in [0.4, 0.5) is 0 Å². The molecular weight excluding hydrogens is 664 g/mol. The van der Waals surface area contributed by atoms with Crippen molar-refractivity contribution in [3.8, 4) is 5.75 Å². The summed E-state index contributed by atoms with van der Waals surface area (Å²) in [6, 6.07) is 11.5. The third kappa shape index (κ3) is 12.5. The van der Waals surface area contributed by atoms with Gasteiger partial charge in [-0.25, -0.2) is 4.79 Å². The summed E-state index contributed by atoms with van der Waals surface area (Å²) in [5.74, 6) is -1.92. The number of nitrogens with one attached hydrogen (secondary N) is 3. The number of aliphatic carboxylic acids is 1. The average molecular weight is 723 g/mol. The van der Waals surface area contributed by atoms with Gasteiger partial charge in [-0.1, -0.05) is 77.1 Å². The first-order valence-corrected chi connectivity index (χ1v) is 18.0. The molecule has 12 nitrogen and oxygen atoms in total. The summed E-state index contributed by atoms with van der Waals surface area (Å²) in [5.41, 5.74) is 7.73. The lowest BCUT2D eigenvalue weighted by atomic mass is 9.86. The van der Waals surface area contributed by atoms with Gasteiger partial charge < -0.3 is 41.4 Å². The Hall–Kier alpha value is -4.26. The first-order chi connectivity index (χ1) is 24.5. The fourth-order valence-electron chi connectivity index (χ4n) is 6.04. The number of carboxylic acids is 1. The molecule has 3 amide bonds. The van der Waals surface area contributed by atoms with Gasteiger partial charge in [0.25, 0.3) is 0 Å². The Kier molecular flexibility index (Phi) is 15.4. The van der Waals surface area contributed by atoms with E-state index in [9.17, 15) is 29.4 Å². The summed E-state index contributed by atoms with van der Waals surface area (Å²) in [6.45, 7) is 10.7. The minimum atomic E-state index is -1.53. The lowest BCUT2D eigenvalue weighted by Crippen LogP contribution is -2.56. The molecule has 12 heteroatoms. The van der Waals surface area contributed by atoms with Gasteiger partial charge in [-0.05, 0) is 78.3 Å². The summed E-state index contributed by atoms with van der Waals surface area (Å²) in [5, 5.41) is 28.0. The number of hydrogen-bond acceptors (Lipinski definition) is 8. The number of amides is 3. The maximum absolute atomic E-state index is 13.6. The number of aliphatic hydroxyl groups is 1. The van der Waals surface area contributed by atoms with Crippen LogP contribution in [0.1, 0.15) is 89.2 Å². The average Bonchev–Trinajstić information content (AvgIpc) is 3.92. The van der Waals surface area contributed by atoms with Crippen LogP contribution in [0, 0.1) is 16.7 Å². The first-order valence-electron chi connectivity index (χ1n) is 18.0. The molecule has 3 rings (SSSR count). The molecule has 1 aliphatic rings. The molecule has 0 aliphatic carbocycles. The van der Waals surface area contributed by atoms with Gasteiger partial charge in [0.2, 0.25) is 17.7 Å². The van der Waals surface area contributed by atoms with Crippen molar-refractivity contribution in [2.45, 2.75) is 104 Å². The SMILES string of the molecule is CCc1cc(C[C@@H](NC(=O)/C=C/CC[C@H](C)C2O[C@@H]2c2ccc(CN)cc2)C(=O)NCC(C)(CO)C(=O)N[C@@H](CC(C)(C)C)C(=O)O)ccc1OC. The van der Waals surface area contributed by atoms with Gasteiger partial charge in [0.15, 0.2) is 0 Å². The molecule has 1 saturated heterocycles. The number of aryl methyl sites for hydroxylation is 1. The van der Waals surface area contributed by atoms with Crippen molar-refractivity contribution in [3.63, 3.8) is 0 Å². The highest BCUT2D eigenvalue weighted by molar-refractivity contribution is 5.93. The normalized spacial score (nSPS) is 18.5. The Bertz CT molecular complexity index is 1550. The number of allylic oxidation sites excluding steroid dienone is 1. The molecule has 286 valence electrons. The summed E-state index contributed by atoms with van der Waals surface area (Å²) in [6.07, 6.45) is 5.83. The Morgan fingerprint density at radius 3 is 2.27 bits per heavy atom. The maximum Gasteiger partial charge on any atom is 0.326 e. The number of hydrogen-bond donors (Lipinski definition) is 6. The lowest BCUT2D eigenvalue weighted by Gasteiger charge is -2.31. The van der Waals surface area contributed by atoms with Crippen molar-refractivity contribution in [1.29, 1.82) is 0 Å². The van der Waals surface area contributed by atoms with Crippen molar-refractivity contribution >= 4 is 23.7 Å². The summed E-state index contributed by atoms with van der Waals surface area (Å²) in [7, 11) is 1.59. The zero-order valence-electron chi connectivity index (χ0n) is 31.7. The molecular formula is C40H58N4O8. The third-order valence-corrected chi connectivity index (χ3v) is 9.46. The smallest absolute Gasteiger partial charge is 0.326 e. The second-order valence-corrected chi connectivity index (χ2v) is 15.3. The molecule has 52 heavy (non-hydrogen) atoms. The van der Waals surface area contributed by atoms with E-state index in [1.807, 2.05) is 70.2 Å². The van der Waals surface area contributed by atoms with Gasteiger partial charge in [0.05, 0.1) is 25.2 Å². The molecule has 1 fully saturated rings. The molecule has 1 aliphatic heterocycles. The van der Waals surface area contributed by atoms with Crippen molar-refractivity contribution < 1.29 is 38.9 Å². The lowest BCUT2D eigenvalue weighted by molar-refractivity contribution is -0.145. The topological polar surface area (TPSA) is 193 Å². The molecule has 2 aromatic carbocycles. The largest absolute Gasteiger partial charge is 0.496 e. The number of aliphatic hydroxyl groups excluding tert-OH is 1. The number of ether oxygens (including phenoxy) is 2. The Morgan fingerprint density at radius 1 is 1.02 bits per heavy atom. The quantitative estimate of drug-likeness (QED) is 0.0867. The van der Waals surface area contributed by atoms with Crippen LogP contribution in [0.2, 0.25) is 0 Å². The molecule has 0 radical (unpaired) electrons. The number of nitrogens with two attached hydrogens (primary N) is 1. The van der Waals surface area contributed by atoms with Crippen molar-refractivity contribution in [3.05, 3.63) is 76.9 Å². The van der Waals surface area contributed by atoms with E-state index in [-0.39, 0.29) is 42.9 Å². The van der Waals surface area contributed by atoms with Gasteiger partial charge >= 0.3 is 5.97 Å². The Balaban J connectivity index is 1.66. The van der Waals surface area contributed by atoms with Gasteiger partial charge in [0.1, 0.15) is 23.9 Å². The fraction of sp³-hybridized carbons (Fsp3) is 0.550. The number of carbonyl (C=O) groups is 4.